The number of hydrogen-bond donors (Lipinski definition) is 1. The highest BCUT2D eigenvalue weighted by Gasteiger charge is 2.39. The smallest absolute Gasteiger partial charge is 0.427 e. The molecule has 95 heavy (non-hydrogen) atoms. The molecule has 0 aliphatic heterocycles. The van der Waals surface area contributed by atoms with Crippen molar-refractivity contribution in [3.63, 3.8) is 0 Å². The van der Waals surface area contributed by atoms with Gasteiger partial charge in [0.05, 0.1) is 0 Å². The fourth-order valence-electron chi connectivity index (χ4n) is 12.7. The SMILES string of the molecule is CCCCCC(C)(C)c1ccc(OP(N=P(NP(Oc2ccc(C(C)(C)CCCCC)cc2)Oc2ccc(C(C)(C)CCCCC)cc2)(Oc2ccc(C(C)(C)CCCCC)cc2)Oc2ccc(C(C)(C)CCCCC)cc2)Oc2ccc(C(C)(C)CCCCC)cc2)cc1. The molecule has 1 N–H and O–H groups in total. The minimum absolute atomic E-state index is 0.0193. The zero-order valence-electron chi connectivity index (χ0n) is 62.6. The summed E-state index contributed by atoms with van der Waals surface area (Å²) in [6.07, 6.45) is 27.9. The van der Waals surface area contributed by atoms with Crippen molar-refractivity contribution in [3.05, 3.63) is 179 Å². The number of hydrogen-bond acceptors (Lipinski definition) is 7. The van der Waals surface area contributed by atoms with Crippen LogP contribution >= 0.6 is 24.7 Å². The van der Waals surface area contributed by atoms with Crippen LogP contribution in [0.4, 0.5) is 0 Å². The summed E-state index contributed by atoms with van der Waals surface area (Å²) in [4.78, 5) is 3.86. The first-order valence-corrected chi connectivity index (χ1v) is 40.8. The number of unbranched alkanes of at least 4 members (excludes halogenated alkanes) is 12. The maximum Gasteiger partial charge on any atom is 0.443 e. The van der Waals surface area contributed by atoms with E-state index in [4.69, 9.17) is 31.7 Å². The van der Waals surface area contributed by atoms with Crippen LogP contribution in [0.15, 0.2) is 150 Å². The monoisotopic (exact) mass is 1350 g/mol. The molecule has 524 valence electrons. The second kappa shape index (κ2) is 37.9. The fourth-order valence-corrected chi connectivity index (χ4v) is 18.2. The van der Waals surface area contributed by atoms with E-state index in [-0.39, 0.29) is 32.5 Å². The van der Waals surface area contributed by atoms with Gasteiger partial charge in [-0.05, 0) is 177 Å². The molecule has 6 aromatic carbocycles. The van der Waals surface area contributed by atoms with Crippen LogP contribution in [0.3, 0.4) is 0 Å². The Morgan fingerprint density at radius 3 is 0.663 bits per heavy atom. The molecule has 0 unspecified atom stereocenters. The van der Waals surface area contributed by atoms with E-state index in [1.54, 1.807) is 0 Å². The Balaban J connectivity index is 1.62. The second-order valence-corrected chi connectivity index (χ2v) is 35.6. The van der Waals surface area contributed by atoms with Crippen molar-refractivity contribution in [1.82, 2.24) is 4.86 Å². The molecule has 6 rings (SSSR count). The van der Waals surface area contributed by atoms with Gasteiger partial charge in [-0.1, -0.05) is 313 Å². The summed E-state index contributed by atoms with van der Waals surface area (Å²) in [5.41, 5.74) is 7.30. The third-order valence-electron chi connectivity index (χ3n) is 19.8. The number of nitrogens with one attached hydrogen (secondary N) is 1. The number of nitrogens with zero attached hydrogens (tertiary/aromatic N) is 1. The Labute approximate surface area is 582 Å². The largest absolute Gasteiger partial charge is 0.443 e. The first-order chi connectivity index (χ1) is 45.2. The van der Waals surface area contributed by atoms with Gasteiger partial charge < -0.3 is 27.1 Å². The van der Waals surface area contributed by atoms with Crippen molar-refractivity contribution < 1.29 is 27.1 Å². The summed E-state index contributed by atoms with van der Waals surface area (Å²) >= 11 is 0. The predicted molar refractivity (Wildman–Crippen MR) is 412 cm³/mol. The van der Waals surface area contributed by atoms with Gasteiger partial charge in [-0.25, -0.2) is 0 Å². The third kappa shape index (κ3) is 25.4. The van der Waals surface area contributed by atoms with Gasteiger partial charge >= 0.3 is 24.7 Å². The van der Waals surface area contributed by atoms with Crippen LogP contribution in [0.2, 0.25) is 0 Å². The average molecular weight is 1350 g/mol. The van der Waals surface area contributed by atoms with Crippen LogP contribution in [-0.4, -0.2) is 0 Å². The molecule has 0 heterocycles. The maximum atomic E-state index is 7.61. The van der Waals surface area contributed by atoms with Gasteiger partial charge in [0.2, 0.25) is 0 Å². The lowest BCUT2D eigenvalue weighted by Gasteiger charge is -2.31. The minimum atomic E-state index is -4.03. The van der Waals surface area contributed by atoms with Gasteiger partial charge in [0, 0.05) is 0 Å². The minimum Gasteiger partial charge on any atom is -0.427 e. The molecule has 0 radical (unpaired) electrons. The van der Waals surface area contributed by atoms with Crippen molar-refractivity contribution >= 4 is 24.7 Å². The Morgan fingerprint density at radius 2 is 0.463 bits per heavy atom. The van der Waals surface area contributed by atoms with E-state index in [1.807, 2.05) is 0 Å². The Kier molecular flexibility index (Phi) is 31.6. The molecule has 0 fully saturated rings. The van der Waals surface area contributed by atoms with Crippen LogP contribution in [0, 0.1) is 0 Å². The number of benzene rings is 6. The van der Waals surface area contributed by atoms with E-state index in [2.05, 4.69) is 275 Å². The lowest BCUT2D eigenvalue weighted by molar-refractivity contribution is 0.440. The maximum absolute atomic E-state index is 7.61. The highest BCUT2D eigenvalue weighted by Crippen LogP contribution is 2.62. The van der Waals surface area contributed by atoms with E-state index < -0.39 is 24.7 Å². The van der Waals surface area contributed by atoms with Gasteiger partial charge in [0.15, 0.2) is 0 Å². The molecule has 11 heteroatoms. The van der Waals surface area contributed by atoms with Gasteiger partial charge in [-0.2, -0.15) is 0 Å². The summed E-state index contributed by atoms with van der Waals surface area (Å²) in [5.74, 6) is 3.64. The molecule has 0 saturated heterocycles. The lowest BCUT2D eigenvalue weighted by atomic mass is 9.80. The second-order valence-electron chi connectivity index (χ2n) is 30.9. The van der Waals surface area contributed by atoms with Gasteiger partial charge in [0.1, 0.15) is 34.5 Å². The van der Waals surface area contributed by atoms with E-state index >= 15 is 0 Å². The van der Waals surface area contributed by atoms with Crippen molar-refractivity contribution in [2.24, 2.45) is 4.52 Å². The van der Waals surface area contributed by atoms with Crippen LogP contribution in [0.5, 0.6) is 34.5 Å². The molecule has 0 aliphatic carbocycles. The van der Waals surface area contributed by atoms with Crippen LogP contribution < -0.4 is 32.0 Å². The summed E-state index contributed by atoms with van der Waals surface area (Å²) in [6.45, 7) is 41.7. The Morgan fingerprint density at radius 1 is 0.274 bits per heavy atom. The van der Waals surface area contributed by atoms with Crippen molar-refractivity contribution in [1.29, 1.82) is 0 Å². The first kappa shape index (κ1) is 79.2. The molecular formula is C84H127N2O6P3. The topological polar surface area (TPSA) is 79.8 Å². The average Bonchev–Trinajstić information content (AvgIpc) is 0.806. The van der Waals surface area contributed by atoms with E-state index in [0.29, 0.717) is 34.5 Å². The zero-order chi connectivity index (χ0) is 69.2. The zero-order valence-corrected chi connectivity index (χ0v) is 65.2. The normalized spacial score (nSPS) is 12.7. The Hall–Kier alpha value is -4.83. The molecule has 0 spiro atoms. The molecule has 8 nitrogen and oxygen atoms in total. The van der Waals surface area contributed by atoms with Gasteiger partial charge in [0.25, 0.3) is 0 Å². The Bertz CT molecular complexity index is 2970. The van der Waals surface area contributed by atoms with Crippen LogP contribution in [-0.2, 0) is 32.5 Å². The molecule has 0 saturated carbocycles. The van der Waals surface area contributed by atoms with Gasteiger partial charge in [-0.3, -0.25) is 0 Å². The molecule has 0 amide bonds. The quantitative estimate of drug-likeness (QED) is 0.0301. The van der Waals surface area contributed by atoms with Crippen molar-refractivity contribution in [2.45, 2.75) is 311 Å². The van der Waals surface area contributed by atoms with Crippen LogP contribution in [0.1, 0.15) is 312 Å². The highest BCUT2D eigenvalue weighted by atomic mass is 31.3. The summed E-state index contributed by atoms with van der Waals surface area (Å²) in [6, 6.07) is 51.2. The molecule has 6 aromatic rings. The van der Waals surface area contributed by atoms with Gasteiger partial charge in [-0.15, -0.1) is 9.37 Å². The van der Waals surface area contributed by atoms with E-state index in [1.165, 1.54) is 136 Å². The fraction of sp³-hybridized carbons (Fsp3) is 0.571. The third-order valence-corrected chi connectivity index (χ3v) is 25.4. The van der Waals surface area contributed by atoms with E-state index in [9.17, 15) is 0 Å². The van der Waals surface area contributed by atoms with Crippen molar-refractivity contribution in [2.75, 3.05) is 0 Å². The summed E-state index contributed by atoms with van der Waals surface area (Å²) in [7, 11) is -8.53. The molecule has 0 aromatic heterocycles. The lowest BCUT2D eigenvalue weighted by Crippen LogP contribution is -2.20. The molecule has 0 aliphatic rings. The standard InChI is InChI=1S/C84H127N2O6P3/c1-19-25-31-61-79(7,8)67-37-49-73(50-38-67)87-93(88-74-51-39-68(40-52-74)80(9,10)62-32-26-20-2)85-95(91-77-57-45-71(46-58-77)83(15,16)65-35-29-23-5,92-78-59-47-72(48-60-78)84(17,18)66-36-30-24-6)86-94(89-75-53-41-69(42-54-75)81(11,12)63-33-27-21-3)90-76-55-43-70(44-56-76)82(13,14)64-34-28-22-4/h37-60,85H,19-36,61-66H2,1-18H3. The summed E-state index contributed by atoms with van der Waals surface area (Å²) < 4.78 is 49.9. The first-order valence-electron chi connectivity index (χ1n) is 37.0. The highest BCUT2D eigenvalue weighted by molar-refractivity contribution is 7.71. The van der Waals surface area contributed by atoms with Crippen molar-refractivity contribution in [3.8, 4) is 34.5 Å². The predicted octanol–water partition coefficient (Wildman–Crippen LogP) is 28.6. The molecule has 0 atom stereocenters. The molecule has 0 bridgehead atoms. The van der Waals surface area contributed by atoms with Crippen LogP contribution in [0.25, 0.3) is 0 Å². The van der Waals surface area contributed by atoms with E-state index in [0.717, 1.165) is 51.4 Å². The number of rotatable bonds is 45. The summed E-state index contributed by atoms with van der Waals surface area (Å²) in [5, 5.41) is 0. The molecular weight excluding hydrogens is 1230 g/mol.